The molecule has 62 valence electrons. The van der Waals surface area contributed by atoms with Crippen molar-refractivity contribution in [2.24, 2.45) is 0 Å². The van der Waals surface area contributed by atoms with Gasteiger partial charge in [-0.2, -0.15) is 0 Å². The summed E-state index contributed by atoms with van der Waals surface area (Å²) in [4.78, 5) is 1.75. The molecule has 1 rings (SSSR count). The molecule has 0 N–H and O–H groups in total. The van der Waals surface area contributed by atoms with E-state index in [1.54, 1.807) is 11.9 Å². The average molecular weight is 151 g/mol. The maximum Gasteiger partial charge on any atom is 0.164 e. The van der Waals surface area contributed by atoms with E-state index in [1.807, 2.05) is 13.8 Å². The summed E-state index contributed by atoms with van der Waals surface area (Å²) in [7, 11) is 1.77. The molecule has 0 aliphatic carbocycles. The van der Waals surface area contributed by atoms with Crippen molar-refractivity contribution < 1.29 is 8.78 Å². The summed E-state index contributed by atoms with van der Waals surface area (Å²) in [5, 5.41) is 0. The first-order valence-electron chi connectivity index (χ1n) is 3.60. The Bertz CT molecular complexity index is 89.6. The summed E-state index contributed by atoms with van der Waals surface area (Å²) in [6.45, 7) is 3.67. The van der Waals surface area contributed by atoms with E-state index in [0.717, 1.165) is 0 Å². The first-order chi connectivity index (χ1) is 4.66. The maximum atomic E-state index is 12.5. The fourth-order valence-corrected chi connectivity index (χ4v) is 1.01. The fourth-order valence-electron chi connectivity index (χ4n) is 1.01. The van der Waals surface area contributed by atoms with Crippen LogP contribution in [0.4, 0.5) is 8.78 Å². The van der Waals surface area contributed by atoms with Crippen LogP contribution in [0, 0.1) is 0 Å². The number of alkyl halides is 2. The summed E-state index contributed by atoms with van der Waals surface area (Å²) >= 11 is 0. The number of likely N-dealkylation sites (tertiary alicyclic amines) is 1. The summed E-state index contributed by atoms with van der Waals surface area (Å²) in [6.07, 6.45) is 0. The van der Waals surface area contributed by atoms with Gasteiger partial charge in [0.1, 0.15) is 6.67 Å². The van der Waals surface area contributed by atoms with Gasteiger partial charge in [0.15, 0.2) is 5.67 Å². The Morgan fingerprint density at radius 3 is 1.90 bits per heavy atom. The molecule has 1 heterocycles. The Labute approximate surface area is 61.0 Å². The van der Waals surface area contributed by atoms with Crippen LogP contribution in [0.3, 0.4) is 0 Å². The Hall–Kier alpha value is -0.180. The molecule has 0 atom stereocenters. The molecular formula is C7H15F2N. The zero-order chi connectivity index (χ0) is 8.20. The van der Waals surface area contributed by atoms with Crippen LogP contribution in [0.2, 0.25) is 0 Å². The highest BCUT2D eigenvalue weighted by atomic mass is 19.2. The van der Waals surface area contributed by atoms with Crippen molar-refractivity contribution in [3.05, 3.63) is 0 Å². The Morgan fingerprint density at radius 1 is 1.40 bits per heavy atom. The van der Waals surface area contributed by atoms with Crippen LogP contribution < -0.4 is 0 Å². The van der Waals surface area contributed by atoms with Gasteiger partial charge in [-0.05, 0) is 7.05 Å². The van der Waals surface area contributed by atoms with Crippen LogP contribution in [0.1, 0.15) is 13.8 Å². The normalized spacial score (nSPS) is 22.5. The van der Waals surface area contributed by atoms with E-state index in [0.29, 0.717) is 0 Å². The second-order valence-electron chi connectivity index (χ2n) is 2.46. The van der Waals surface area contributed by atoms with Gasteiger partial charge in [0.2, 0.25) is 0 Å². The molecule has 0 aromatic carbocycles. The first-order valence-corrected chi connectivity index (χ1v) is 3.60. The van der Waals surface area contributed by atoms with Gasteiger partial charge in [-0.1, -0.05) is 13.8 Å². The van der Waals surface area contributed by atoms with Crippen LogP contribution in [0.15, 0.2) is 0 Å². The van der Waals surface area contributed by atoms with E-state index >= 15 is 0 Å². The number of hydrogen-bond acceptors (Lipinski definition) is 1. The minimum absolute atomic E-state index is 0.253. The smallest absolute Gasteiger partial charge is 0.164 e. The molecule has 1 nitrogen and oxygen atoms in total. The van der Waals surface area contributed by atoms with Crippen molar-refractivity contribution >= 4 is 0 Å². The fraction of sp³-hybridized carbons (Fsp3) is 1.00. The molecule has 1 aliphatic rings. The van der Waals surface area contributed by atoms with Gasteiger partial charge in [0.25, 0.3) is 0 Å². The largest absolute Gasteiger partial charge is 0.300 e. The molecule has 0 unspecified atom stereocenters. The highest BCUT2D eigenvalue weighted by Gasteiger charge is 2.41. The molecule has 1 saturated heterocycles. The second kappa shape index (κ2) is 3.86. The molecule has 10 heavy (non-hydrogen) atoms. The van der Waals surface area contributed by atoms with Gasteiger partial charge in [-0.15, -0.1) is 0 Å². The summed E-state index contributed by atoms with van der Waals surface area (Å²) < 4.78 is 24.1. The number of hydrogen-bond donors (Lipinski definition) is 0. The Balaban J connectivity index is 0.000000371. The quantitative estimate of drug-likeness (QED) is 0.550. The van der Waals surface area contributed by atoms with Gasteiger partial charge in [-0.3, -0.25) is 4.90 Å². The van der Waals surface area contributed by atoms with Crippen molar-refractivity contribution in [3.8, 4) is 0 Å². The SMILES string of the molecule is CC.CN1CC(F)(CF)C1. The molecule has 3 heteroatoms. The van der Waals surface area contributed by atoms with Gasteiger partial charge in [0, 0.05) is 13.1 Å². The van der Waals surface area contributed by atoms with Crippen LogP contribution in [0.5, 0.6) is 0 Å². The predicted octanol–water partition coefficient (Wildman–Crippen LogP) is 1.64. The highest BCUT2D eigenvalue weighted by Crippen LogP contribution is 2.23. The lowest BCUT2D eigenvalue weighted by Crippen LogP contribution is -2.58. The molecular weight excluding hydrogens is 136 g/mol. The van der Waals surface area contributed by atoms with Crippen molar-refractivity contribution in [1.29, 1.82) is 0 Å². The number of nitrogens with zero attached hydrogens (tertiary/aromatic N) is 1. The number of rotatable bonds is 1. The summed E-state index contributed by atoms with van der Waals surface area (Å²) in [5.41, 5.74) is -1.51. The predicted molar refractivity (Wildman–Crippen MR) is 38.7 cm³/mol. The molecule has 0 bridgehead atoms. The Kier molecular flexibility index (Phi) is 3.79. The van der Waals surface area contributed by atoms with Crippen molar-refractivity contribution in [2.45, 2.75) is 19.5 Å². The molecule has 0 saturated carbocycles. The van der Waals surface area contributed by atoms with E-state index in [2.05, 4.69) is 0 Å². The third-order valence-electron chi connectivity index (χ3n) is 1.35. The van der Waals surface area contributed by atoms with E-state index in [9.17, 15) is 8.78 Å². The summed E-state index contributed by atoms with van der Waals surface area (Å²) in [5.74, 6) is 0. The maximum absolute atomic E-state index is 12.5. The zero-order valence-corrected chi connectivity index (χ0v) is 6.82. The van der Waals surface area contributed by atoms with Gasteiger partial charge >= 0.3 is 0 Å². The van der Waals surface area contributed by atoms with Gasteiger partial charge in [0.05, 0.1) is 0 Å². The minimum Gasteiger partial charge on any atom is -0.300 e. The molecule has 0 radical (unpaired) electrons. The van der Waals surface area contributed by atoms with E-state index in [1.165, 1.54) is 0 Å². The Morgan fingerprint density at radius 2 is 1.80 bits per heavy atom. The van der Waals surface area contributed by atoms with Crippen LogP contribution in [0.25, 0.3) is 0 Å². The monoisotopic (exact) mass is 151 g/mol. The average Bonchev–Trinajstić information content (AvgIpc) is 1.90. The lowest BCUT2D eigenvalue weighted by Gasteiger charge is -2.40. The lowest BCUT2D eigenvalue weighted by atomic mass is 10.00. The van der Waals surface area contributed by atoms with E-state index in [-0.39, 0.29) is 13.1 Å². The third kappa shape index (κ3) is 2.21. The van der Waals surface area contributed by atoms with E-state index < -0.39 is 12.3 Å². The van der Waals surface area contributed by atoms with Crippen molar-refractivity contribution in [3.63, 3.8) is 0 Å². The zero-order valence-electron chi connectivity index (χ0n) is 6.82. The van der Waals surface area contributed by atoms with Crippen LogP contribution in [-0.4, -0.2) is 37.4 Å². The third-order valence-corrected chi connectivity index (χ3v) is 1.35. The topological polar surface area (TPSA) is 3.24 Å². The molecule has 0 aromatic rings. The summed E-state index contributed by atoms with van der Waals surface area (Å²) in [6, 6.07) is 0. The molecule has 0 amide bonds. The molecule has 0 aromatic heterocycles. The van der Waals surface area contributed by atoms with Gasteiger partial charge in [-0.25, -0.2) is 8.78 Å². The first kappa shape index (κ1) is 9.82. The lowest BCUT2D eigenvalue weighted by molar-refractivity contribution is -0.0322. The standard InChI is InChI=1S/C5H9F2N.C2H6/c1-8-3-5(7,2-6)4-8;1-2/h2-4H2,1H3;1-2H3. The second-order valence-corrected chi connectivity index (χ2v) is 2.46. The van der Waals surface area contributed by atoms with Crippen molar-refractivity contribution in [1.82, 2.24) is 4.90 Å². The van der Waals surface area contributed by atoms with Crippen molar-refractivity contribution in [2.75, 3.05) is 26.8 Å². The molecule has 1 aliphatic heterocycles. The van der Waals surface area contributed by atoms with Crippen LogP contribution >= 0.6 is 0 Å². The molecule has 1 fully saturated rings. The molecule has 0 spiro atoms. The highest BCUT2D eigenvalue weighted by molar-refractivity contribution is 4.93. The van der Waals surface area contributed by atoms with E-state index in [4.69, 9.17) is 0 Å². The number of halogens is 2. The van der Waals surface area contributed by atoms with Gasteiger partial charge < -0.3 is 0 Å². The minimum atomic E-state index is -1.51. The van der Waals surface area contributed by atoms with Crippen LogP contribution in [-0.2, 0) is 0 Å².